The smallest absolute Gasteiger partial charge is 0.325 e. The molecule has 1 atom stereocenters. The number of piperazine rings is 1. The molecular formula is C13H18N2O2S. The molecule has 0 radical (unpaired) electrons. The lowest BCUT2D eigenvalue weighted by Crippen LogP contribution is -2.47. The molecule has 98 valence electrons. The number of carboxylic acid groups (broad SMARTS) is 1. The maximum atomic E-state index is 11.5. The summed E-state index contributed by atoms with van der Waals surface area (Å²) in [7, 11) is 0. The maximum absolute atomic E-state index is 11.5. The number of hydrogen-bond donors (Lipinski definition) is 2. The van der Waals surface area contributed by atoms with Gasteiger partial charge in [-0.1, -0.05) is 12.1 Å². The van der Waals surface area contributed by atoms with Gasteiger partial charge in [-0.15, -0.1) is 11.8 Å². The Labute approximate surface area is 111 Å². The summed E-state index contributed by atoms with van der Waals surface area (Å²) in [4.78, 5) is 14.7. The zero-order valence-corrected chi connectivity index (χ0v) is 11.2. The molecule has 0 aliphatic carbocycles. The van der Waals surface area contributed by atoms with Gasteiger partial charge in [0, 0.05) is 31.1 Å². The monoisotopic (exact) mass is 266 g/mol. The van der Waals surface area contributed by atoms with Gasteiger partial charge in [0.05, 0.1) is 0 Å². The molecule has 5 heteroatoms. The van der Waals surface area contributed by atoms with Crippen LogP contribution in [0, 0.1) is 0 Å². The van der Waals surface area contributed by atoms with E-state index in [1.165, 1.54) is 0 Å². The Bertz CT molecular complexity index is 402. The number of thioether (sulfide) groups is 1. The molecule has 18 heavy (non-hydrogen) atoms. The van der Waals surface area contributed by atoms with Crippen LogP contribution in [0.5, 0.6) is 0 Å². The molecule has 1 unspecified atom stereocenters. The fourth-order valence-electron chi connectivity index (χ4n) is 2.24. The van der Waals surface area contributed by atoms with Crippen LogP contribution in [0.4, 0.5) is 0 Å². The minimum atomic E-state index is -0.770. The fourth-order valence-corrected chi connectivity index (χ4v) is 2.64. The highest BCUT2D eigenvalue weighted by atomic mass is 32.2. The summed E-state index contributed by atoms with van der Waals surface area (Å²) in [6, 6.07) is 7.29. The van der Waals surface area contributed by atoms with Crippen LogP contribution in [0.25, 0.3) is 0 Å². The van der Waals surface area contributed by atoms with Crippen molar-refractivity contribution in [3.63, 3.8) is 0 Å². The lowest BCUT2D eigenvalue weighted by atomic mass is 10.0. The Morgan fingerprint density at radius 1 is 1.33 bits per heavy atom. The zero-order chi connectivity index (χ0) is 13.0. The van der Waals surface area contributed by atoms with E-state index >= 15 is 0 Å². The first-order valence-electron chi connectivity index (χ1n) is 6.04. The number of benzene rings is 1. The Balaban J connectivity index is 2.20. The molecule has 2 rings (SSSR count). The first kappa shape index (κ1) is 13.4. The van der Waals surface area contributed by atoms with Crippen LogP contribution in [0.15, 0.2) is 29.2 Å². The molecule has 1 aromatic rings. The number of nitrogens with one attached hydrogen (secondary N) is 1. The predicted molar refractivity (Wildman–Crippen MR) is 73.0 cm³/mol. The first-order valence-corrected chi connectivity index (χ1v) is 7.26. The standard InChI is InChI=1S/C13H18N2O2S/c1-18-11-4-2-10(3-5-11)12(13(16)17)15-8-6-14-7-9-15/h2-5,12,14H,6-9H2,1H3,(H,16,17). The third-order valence-electron chi connectivity index (χ3n) is 3.18. The van der Waals surface area contributed by atoms with Gasteiger partial charge >= 0.3 is 5.97 Å². The van der Waals surface area contributed by atoms with E-state index in [2.05, 4.69) is 5.32 Å². The highest BCUT2D eigenvalue weighted by molar-refractivity contribution is 7.98. The van der Waals surface area contributed by atoms with Crippen molar-refractivity contribution in [3.8, 4) is 0 Å². The number of rotatable bonds is 4. The van der Waals surface area contributed by atoms with Crippen LogP contribution >= 0.6 is 11.8 Å². The molecule has 1 aromatic carbocycles. The minimum absolute atomic E-state index is 0.525. The molecule has 4 nitrogen and oxygen atoms in total. The summed E-state index contributed by atoms with van der Waals surface area (Å²) in [5, 5.41) is 12.7. The van der Waals surface area contributed by atoms with E-state index in [9.17, 15) is 9.90 Å². The fraction of sp³-hybridized carbons (Fsp3) is 0.462. The summed E-state index contributed by atoms with van der Waals surface area (Å²) in [6.07, 6.45) is 2.01. The topological polar surface area (TPSA) is 52.6 Å². The Kier molecular flexibility index (Phi) is 4.63. The van der Waals surface area contributed by atoms with E-state index in [1.807, 2.05) is 35.4 Å². The number of carboxylic acids is 1. The number of carbonyl (C=O) groups is 1. The van der Waals surface area contributed by atoms with Crippen LogP contribution in [0.1, 0.15) is 11.6 Å². The molecule has 1 aliphatic heterocycles. The zero-order valence-electron chi connectivity index (χ0n) is 10.4. The number of nitrogens with zero attached hydrogens (tertiary/aromatic N) is 1. The van der Waals surface area contributed by atoms with E-state index < -0.39 is 12.0 Å². The van der Waals surface area contributed by atoms with Gasteiger partial charge in [0.15, 0.2) is 0 Å². The van der Waals surface area contributed by atoms with E-state index in [4.69, 9.17) is 0 Å². The van der Waals surface area contributed by atoms with Gasteiger partial charge in [0.1, 0.15) is 6.04 Å². The van der Waals surface area contributed by atoms with Gasteiger partial charge < -0.3 is 10.4 Å². The van der Waals surface area contributed by atoms with Gasteiger partial charge in [0.2, 0.25) is 0 Å². The molecule has 1 heterocycles. The summed E-state index contributed by atoms with van der Waals surface area (Å²) >= 11 is 1.66. The summed E-state index contributed by atoms with van der Waals surface area (Å²) in [6.45, 7) is 3.27. The van der Waals surface area contributed by atoms with Gasteiger partial charge in [-0.25, -0.2) is 0 Å². The van der Waals surface area contributed by atoms with E-state index in [0.29, 0.717) is 0 Å². The second-order valence-electron chi connectivity index (χ2n) is 4.30. The van der Waals surface area contributed by atoms with Crippen LogP contribution in [-0.2, 0) is 4.79 Å². The molecule has 0 saturated carbocycles. The van der Waals surface area contributed by atoms with Crippen LogP contribution in [0.3, 0.4) is 0 Å². The van der Waals surface area contributed by atoms with E-state index in [1.54, 1.807) is 11.8 Å². The largest absolute Gasteiger partial charge is 0.480 e. The molecule has 1 fully saturated rings. The highest BCUT2D eigenvalue weighted by Crippen LogP contribution is 2.24. The number of hydrogen-bond acceptors (Lipinski definition) is 4. The van der Waals surface area contributed by atoms with Crippen molar-refractivity contribution in [1.29, 1.82) is 0 Å². The quantitative estimate of drug-likeness (QED) is 0.808. The Morgan fingerprint density at radius 2 is 1.94 bits per heavy atom. The van der Waals surface area contributed by atoms with Crippen molar-refractivity contribution in [3.05, 3.63) is 29.8 Å². The SMILES string of the molecule is CSc1ccc(C(C(=O)O)N2CCNCC2)cc1. The molecule has 1 aliphatic rings. The normalized spacial score (nSPS) is 18.5. The van der Waals surface area contributed by atoms with Gasteiger partial charge in [0.25, 0.3) is 0 Å². The molecule has 0 aromatic heterocycles. The Morgan fingerprint density at radius 3 is 2.44 bits per heavy atom. The van der Waals surface area contributed by atoms with Crippen molar-refractivity contribution in [1.82, 2.24) is 10.2 Å². The molecule has 0 amide bonds. The van der Waals surface area contributed by atoms with E-state index in [-0.39, 0.29) is 0 Å². The maximum Gasteiger partial charge on any atom is 0.325 e. The van der Waals surface area contributed by atoms with Crippen molar-refractivity contribution in [2.45, 2.75) is 10.9 Å². The summed E-state index contributed by atoms with van der Waals surface area (Å²) in [5.74, 6) is -0.770. The van der Waals surface area contributed by atoms with Crippen LogP contribution in [-0.4, -0.2) is 48.4 Å². The van der Waals surface area contributed by atoms with Crippen molar-refractivity contribution >= 4 is 17.7 Å². The second kappa shape index (κ2) is 6.22. The molecule has 0 bridgehead atoms. The minimum Gasteiger partial charge on any atom is -0.480 e. The van der Waals surface area contributed by atoms with Crippen molar-refractivity contribution in [2.75, 3.05) is 32.4 Å². The average Bonchev–Trinajstić information content (AvgIpc) is 2.40. The third-order valence-corrected chi connectivity index (χ3v) is 3.93. The average molecular weight is 266 g/mol. The van der Waals surface area contributed by atoms with Gasteiger partial charge in [-0.2, -0.15) is 0 Å². The lowest BCUT2D eigenvalue weighted by molar-refractivity contribution is -0.143. The summed E-state index contributed by atoms with van der Waals surface area (Å²) < 4.78 is 0. The van der Waals surface area contributed by atoms with Crippen LogP contribution < -0.4 is 5.32 Å². The summed E-state index contributed by atoms with van der Waals surface area (Å²) in [5.41, 5.74) is 0.863. The molecular weight excluding hydrogens is 248 g/mol. The highest BCUT2D eigenvalue weighted by Gasteiger charge is 2.28. The third kappa shape index (κ3) is 3.04. The second-order valence-corrected chi connectivity index (χ2v) is 5.18. The van der Waals surface area contributed by atoms with Gasteiger partial charge in [-0.05, 0) is 24.0 Å². The molecule has 1 saturated heterocycles. The van der Waals surface area contributed by atoms with Crippen molar-refractivity contribution in [2.24, 2.45) is 0 Å². The molecule has 0 spiro atoms. The number of aliphatic carboxylic acids is 1. The lowest BCUT2D eigenvalue weighted by Gasteiger charge is -2.32. The van der Waals surface area contributed by atoms with Gasteiger partial charge in [-0.3, -0.25) is 9.69 Å². The Hall–Kier alpha value is -1.04. The first-order chi connectivity index (χ1) is 8.72. The van der Waals surface area contributed by atoms with Crippen molar-refractivity contribution < 1.29 is 9.90 Å². The molecule has 2 N–H and O–H groups in total. The van der Waals surface area contributed by atoms with Crippen LogP contribution in [0.2, 0.25) is 0 Å². The predicted octanol–water partition coefficient (Wildman–Crippen LogP) is 1.44. The van der Waals surface area contributed by atoms with E-state index in [0.717, 1.165) is 36.6 Å².